The Morgan fingerprint density at radius 2 is 1.80 bits per heavy atom. The second-order valence-corrected chi connectivity index (χ2v) is 7.58. The fourth-order valence-electron chi connectivity index (χ4n) is 1.77. The molecule has 122 valence electrons. The molecule has 0 bridgehead atoms. The van der Waals surface area contributed by atoms with Crippen molar-refractivity contribution in [1.82, 2.24) is 5.32 Å². The van der Waals surface area contributed by atoms with Crippen molar-refractivity contribution in [2.24, 2.45) is 5.73 Å². The van der Waals surface area contributed by atoms with E-state index in [1.54, 1.807) is 14.2 Å². The van der Waals surface area contributed by atoms with Gasteiger partial charge < -0.3 is 29.1 Å². The normalized spacial score (nSPS) is 12.0. The fourth-order valence-corrected chi connectivity index (χ4v) is 3.47. The third-order valence-corrected chi connectivity index (χ3v) is 5.72. The minimum Gasteiger partial charge on any atom is -0.377 e. The highest BCUT2D eigenvalue weighted by Gasteiger charge is 2.38. The summed E-state index contributed by atoms with van der Waals surface area (Å²) in [5.74, 6) is 0. The van der Waals surface area contributed by atoms with Crippen LogP contribution in [0.2, 0.25) is 6.04 Å². The van der Waals surface area contributed by atoms with E-state index in [2.05, 4.69) is 12.2 Å². The van der Waals surface area contributed by atoms with Crippen LogP contribution in [0, 0.1) is 0 Å². The van der Waals surface area contributed by atoms with Gasteiger partial charge in [0.05, 0.1) is 0 Å². The second kappa shape index (κ2) is 13.9. The topological polar surface area (TPSA) is 75.0 Å². The first kappa shape index (κ1) is 20.0. The molecule has 0 aliphatic heterocycles. The molecule has 0 spiro atoms. The van der Waals surface area contributed by atoms with Crippen molar-refractivity contribution in [2.45, 2.75) is 38.7 Å². The zero-order valence-corrected chi connectivity index (χ0v) is 14.3. The summed E-state index contributed by atoms with van der Waals surface area (Å²) in [6, 6.07) is 0.708. The van der Waals surface area contributed by atoms with Gasteiger partial charge in [0.1, 0.15) is 6.79 Å². The summed E-state index contributed by atoms with van der Waals surface area (Å²) in [4.78, 5) is 0. The van der Waals surface area contributed by atoms with E-state index in [1.165, 1.54) is 19.3 Å². The molecule has 0 aromatic rings. The molecule has 0 fully saturated rings. The van der Waals surface area contributed by atoms with Crippen LogP contribution in [-0.4, -0.2) is 56.1 Å². The Hall–Kier alpha value is -0.0231. The van der Waals surface area contributed by atoms with Crippen LogP contribution in [0.1, 0.15) is 32.6 Å². The van der Waals surface area contributed by atoms with E-state index in [-0.39, 0.29) is 6.79 Å². The van der Waals surface area contributed by atoms with Crippen molar-refractivity contribution in [2.75, 3.05) is 47.3 Å². The summed E-state index contributed by atoms with van der Waals surface area (Å²) in [5.41, 5.74) is 5.43. The Kier molecular flexibility index (Phi) is 13.9. The molecule has 0 saturated heterocycles. The van der Waals surface area contributed by atoms with E-state index in [4.69, 9.17) is 23.7 Å². The molecule has 20 heavy (non-hydrogen) atoms. The van der Waals surface area contributed by atoms with Crippen molar-refractivity contribution in [1.29, 1.82) is 0 Å². The number of unbranched alkanes of at least 4 members (excludes halogenated alkanes) is 3. The zero-order valence-electron chi connectivity index (χ0n) is 13.3. The summed E-state index contributed by atoms with van der Waals surface area (Å²) in [7, 11) is 0.653. The van der Waals surface area contributed by atoms with Gasteiger partial charge in [0.15, 0.2) is 0 Å². The van der Waals surface area contributed by atoms with Gasteiger partial charge in [-0.05, 0) is 13.0 Å². The minimum absolute atomic E-state index is 0.233. The van der Waals surface area contributed by atoms with Crippen LogP contribution in [0.3, 0.4) is 0 Å². The number of hydrogen-bond acceptors (Lipinski definition) is 6. The average Bonchev–Trinajstić information content (AvgIpc) is 2.49. The van der Waals surface area contributed by atoms with E-state index >= 15 is 0 Å². The molecule has 0 rings (SSSR count). The standard InChI is InChI=1S/C13H32N2O4Si/c1-4-5-6-7-11-18-13-19-20(16-2,17-3)12-10-15-9-8-14/h15H,4-14H2,1-3H3. The van der Waals surface area contributed by atoms with Crippen LogP contribution in [0.25, 0.3) is 0 Å². The highest BCUT2D eigenvalue weighted by molar-refractivity contribution is 6.60. The van der Waals surface area contributed by atoms with Crippen LogP contribution >= 0.6 is 0 Å². The summed E-state index contributed by atoms with van der Waals surface area (Å²) >= 11 is 0. The van der Waals surface area contributed by atoms with Crippen molar-refractivity contribution in [3.63, 3.8) is 0 Å². The maximum atomic E-state index is 5.72. The lowest BCUT2D eigenvalue weighted by Crippen LogP contribution is -2.46. The van der Waals surface area contributed by atoms with Crippen molar-refractivity contribution >= 4 is 8.80 Å². The number of hydrogen-bond donors (Lipinski definition) is 2. The third-order valence-electron chi connectivity index (χ3n) is 3.06. The highest BCUT2D eigenvalue weighted by Crippen LogP contribution is 2.13. The number of rotatable bonds is 15. The number of nitrogens with two attached hydrogens (primary N) is 1. The van der Waals surface area contributed by atoms with E-state index in [1.807, 2.05) is 0 Å². The lowest BCUT2D eigenvalue weighted by atomic mass is 10.2. The highest BCUT2D eigenvalue weighted by atomic mass is 28.4. The minimum atomic E-state index is -2.60. The molecule has 7 heteroatoms. The number of nitrogens with one attached hydrogen (secondary N) is 1. The largest absolute Gasteiger partial charge is 0.503 e. The zero-order chi connectivity index (χ0) is 15.1. The smallest absolute Gasteiger partial charge is 0.377 e. The molecule has 0 radical (unpaired) electrons. The monoisotopic (exact) mass is 308 g/mol. The van der Waals surface area contributed by atoms with Crippen LogP contribution in [-0.2, 0) is 18.0 Å². The predicted molar refractivity (Wildman–Crippen MR) is 82.5 cm³/mol. The van der Waals surface area contributed by atoms with Crippen LogP contribution in [0.15, 0.2) is 0 Å². The van der Waals surface area contributed by atoms with E-state index in [0.717, 1.165) is 26.1 Å². The lowest BCUT2D eigenvalue weighted by molar-refractivity contribution is -0.0337. The third kappa shape index (κ3) is 9.81. The molecule has 6 nitrogen and oxygen atoms in total. The van der Waals surface area contributed by atoms with Gasteiger partial charge in [-0.15, -0.1) is 0 Å². The molecule has 0 aliphatic rings. The lowest BCUT2D eigenvalue weighted by Gasteiger charge is -2.26. The van der Waals surface area contributed by atoms with Gasteiger partial charge >= 0.3 is 8.80 Å². The van der Waals surface area contributed by atoms with E-state index in [9.17, 15) is 0 Å². The summed E-state index contributed by atoms with van der Waals surface area (Å²) in [6.45, 7) is 5.32. The van der Waals surface area contributed by atoms with Gasteiger partial charge in [0, 0.05) is 40.0 Å². The Labute approximate surface area is 124 Å². The van der Waals surface area contributed by atoms with Gasteiger partial charge in [0.2, 0.25) is 0 Å². The summed E-state index contributed by atoms with van der Waals surface area (Å²) in [6.07, 6.45) is 4.77. The SMILES string of the molecule is CCCCCCOCO[Si](CCNCCN)(OC)OC. The fraction of sp³-hybridized carbons (Fsp3) is 1.00. The summed E-state index contributed by atoms with van der Waals surface area (Å²) < 4.78 is 22.1. The summed E-state index contributed by atoms with van der Waals surface area (Å²) in [5, 5.41) is 3.21. The molecule has 0 saturated carbocycles. The van der Waals surface area contributed by atoms with Crippen LogP contribution in [0.5, 0.6) is 0 Å². The molecule has 0 aromatic heterocycles. The number of ether oxygens (including phenoxy) is 1. The molecule has 0 unspecified atom stereocenters. The first-order valence-electron chi connectivity index (χ1n) is 7.47. The molecule has 0 aromatic carbocycles. The van der Waals surface area contributed by atoms with Gasteiger partial charge in [0.25, 0.3) is 0 Å². The van der Waals surface area contributed by atoms with Gasteiger partial charge in [-0.2, -0.15) is 0 Å². The molecule has 0 amide bonds. The van der Waals surface area contributed by atoms with Crippen molar-refractivity contribution < 1.29 is 18.0 Å². The maximum Gasteiger partial charge on any atom is 0.503 e. The molecule has 0 atom stereocenters. The first-order valence-corrected chi connectivity index (χ1v) is 9.40. The van der Waals surface area contributed by atoms with E-state index in [0.29, 0.717) is 12.6 Å². The maximum absolute atomic E-state index is 5.72. The molecule has 0 aliphatic carbocycles. The molecule has 0 heterocycles. The Morgan fingerprint density at radius 1 is 1.05 bits per heavy atom. The Bertz CT molecular complexity index is 207. The van der Waals surface area contributed by atoms with Gasteiger partial charge in [-0.3, -0.25) is 0 Å². The Balaban J connectivity index is 3.76. The molecule has 3 N–H and O–H groups in total. The van der Waals surface area contributed by atoms with Crippen LogP contribution < -0.4 is 11.1 Å². The van der Waals surface area contributed by atoms with Crippen LogP contribution in [0.4, 0.5) is 0 Å². The first-order chi connectivity index (χ1) is 9.74. The predicted octanol–water partition coefficient (Wildman–Crippen LogP) is 1.34. The second-order valence-electron chi connectivity index (χ2n) is 4.61. The van der Waals surface area contributed by atoms with Crippen molar-refractivity contribution in [3.05, 3.63) is 0 Å². The quantitative estimate of drug-likeness (QED) is 0.270. The van der Waals surface area contributed by atoms with E-state index < -0.39 is 8.80 Å². The molecular weight excluding hydrogens is 276 g/mol. The Morgan fingerprint density at radius 3 is 2.40 bits per heavy atom. The van der Waals surface area contributed by atoms with Gasteiger partial charge in [-0.25, -0.2) is 0 Å². The van der Waals surface area contributed by atoms with Crippen molar-refractivity contribution in [3.8, 4) is 0 Å². The molecular formula is C13H32N2O4Si. The van der Waals surface area contributed by atoms with Gasteiger partial charge in [-0.1, -0.05) is 26.2 Å². The average molecular weight is 308 g/mol.